The zero-order valence-corrected chi connectivity index (χ0v) is 10.2. The highest BCUT2D eigenvalue weighted by molar-refractivity contribution is 7.19. The van der Waals surface area contributed by atoms with Crippen molar-refractivity contribution in [2.24, 2.45) is 0 Å². The Balaban J connectivity index is 2.60. The van der Waals surface area contributed by atoms with E-state index in [1.54, 1.807) is 19.2 Å². The molecule has 0 radical (unpaired) electrons. The molecular weight excluding hydrogens is 264 g/mol. The molecule has 0 aliphatic rings. The van der Waals surface area contributed by atoms with Crippen LogP contribution in [0, 0.1) is 10.1 Å². The molecule has 0 amide bonds. The van der Waals surface area contributed by atoms with Crippen molar-refractivity contribution in [3.63, 3.8) is 0 Å². The summed E-state index contributed by atoms with van der Waals surface area (Å²) in [6, 6.07) is 3.37. The molecule has 6 nitrogen and oxygen atoms in total. The van der Waals surface area contributed by atoms with Gasteiger partial charge in [0.15, 0.2) is 5.69 Å². The summed E-state index contributed by atoms with van der Waals surface area (Å²) in [4.78, 5) is 18.9. The van der Waals surface area contributed by atoms with Gasteiger partial charge in [-0.2, -0.15) is 0 Å². The summed E-state index contributed by atoms with van der Waals surface area (Å²) in [5.74, 6) is 0.329. The SMILES string of the molecule is CNc1ncc([N+](=O)[O-])c(-c2ccc(Cl)s2)n1. The van der Waals surface area contributed by atoms with Crippen molar-refractivity contribution in [2.45, 2.75) is 0 Å². The standard InChI is InChI=1S/C9H7ClN4O2S/c1-11-9-12-4-5(14(15)16)8(13-9)6-2-3-7(10)17-6/h2-4H,1H3,(H,11,12,13). The molecule has 17 heavy (non-hydrogen) atoms. The number of nitrogens with one attached hydrogen (secondary N) is 1. The first-order chi connectivity index (χ1) is 8.11. The summed E-state index contributed by atoms with van der Waals surface area (Å²) in [7, 11) is 1.65. The van der Waals surface area contributed by atoms with Crippen LogP contribution in [0.5, 0.6) is 0 Å². The van der Waals surface area contributed by atoms with Gasteiger partial charge in [0.25, 0.3) is 0 Å². The van der Waals surface area contributed by atoms with Crippen LogP contribution in [0.4, 0.5) is 11.6 Å². The van der Waals surface area contributed by atoms with Crippen LogP contribution in [0.1, 0.15) is 0 Å². The smallest absolute Gasteiger partial charge is 0.314 e. The van der Waals surface area contributed by atoms with Crippen molar-refractivity contribution in [1.82, 2.24) is 9.97 Å². The van der Waals surface area contributed by atoms with Crippen molar-refractivity contribution in [3.05, 3.63) is 32.8 Å². The van der Waals surface area contributed by atoms with E-state index < -0.39 is 4.92 Å². The Morgan fingerprint density at radius 3 is 2.82 bits per heavy atom. The Morgan fingerprint density at radius 1 is 1.53 bits per heavy atom. The van der Waals surface area contributed by atoms with Crippen molar-refractivity contribution in [2.75, 3.05) is 12.4 Å². The average Bonchev–Trinajstić information content (AvgIpc) is 2.75. The van der Waals surface area contributed by atoms with E-state index in [1.165, 1.54) is 17.5 Å². The quantitative estimate of drug-likeness (QED) is 0.685. The summed E-state index contributed by atoms with van der Waals surface area (Å²) >= 11 is 7.04. The van der Waals surface area contributed by atoms with Crippen LogP contribution in [0.2, 0.25) is 4.34 Å². The van der Waals surface area contributed by atoms with Gasteiger partial charge in [0.2, 0.25) is 5.95 Å². The Morgan fingerprint density at radius 2 is 2.29 bits per heavy atom. The van der Waals surface area contributed by atoms with Crippen molar-refractivity contribution >= 4 is 34.6 Å². The highest BCUT2D eigenvalue weighted by Crippen LogP contribution is 2.35. The summed E-state index contributed by atoms with van der Waals surface area (Å²) in [6.45, 7) is 0. The number of thiophene rings is 1. The van der Waals surface area contributed by atoms with Gasteiger partial charge in [-0.15, -0.1) is 11.3 Å². The Bertz CT molecular complexity index is 572. The second kappa shape index (κ2) is 4.64. The fraction of sp³-hybridized carbons (Fsp3) is 0.111. The van der Waals surface area contributed by atoms with Gasteiger partial charge in [-0.25, -0.2) is 9.97 Å². The molecule has 0 aromatic carbocycles. The molecule has 0 saturated carbocycles. The third kappa shape index (κ3) is 2.34. The first-order valence-electron chi connectivity index (χ1n) is 4.56. The molecule has 0 aliphatic carbocycles. The van der Waals surface area contributed by atoms with Gasteiger partial charge in [0.05, 0.1) is 14.1 Å². The number of nitrogens with zero attached hydrogens (tertiary/aromatic N) is 3. The van der Waals surface area contributed by atoms with E-state index in [9.17, 15) is 10.1 Å². The van der Waals surface area contributed by atoms with Crippen LogP contribution in [0.15, 0.2) is 18.3 Å². The summed E-state index contributed by atoms with van der Waals surface area (Å²) in [6.07, 6.45) is 1.18. The molecule has 2 aromatic heterocycles. The predicted octanol–water partition coefficient (Wildman–Crippen LogP) is 2.81. The van der Waals surface area contributed by atoms with Gasteiger partial charge in [-0.1, -0.05) is 11.6 Å². The molecule has 2 rings (SSSR count). The predicted molar refractivity (Wildman–Crippen MR) is 66.6 cm³/mol. The maximum absolute atomic E-state index is 10.9. The fourth-order valence-corrected chi connectivity index (χ4v) is 2.29. The number of rotatable bonds is 3. The van der Waals surface area contributed by atoms with Gasteiger partial charge in [0.1, 0.15) is 6.20 Å². The number of halogens is 1. The van der Waals surface area contributed by atoms with Gasteiger partial charge >= 0.3 is 5.69 Å². The molecule has 0 fully saturated rings. The lowest BCUT2D eigenvalue weighted by Gasteiger charge is -2.02. The Hall–Kier alpha value is -1.73. The second-order valence-corrected chi connectivity index (χ2v) is 4.75. The lowest BCUT2D eigenvalue weighted by Crippen LogP contribution is -2.00. The van der Waals surface area contributed by atoms with Crippen LogP contribution in [-0.2, 0) is 0 Å². The number of aromatic nitrogens is 2. The van der Waals surface area contributed by atoms with E-state index in [0.29, 0.717) is 15.2 Å². The van der Waals surface area contributed by atoms with Crippen molar-refractivity contribution < 1.29 is 4.92 Å². The Kier molecular flexibility index (Phi) is 3.21. The second-order valence-electron chi connectivity index (χ2n) is 3.04. The molecule has 2 heterocycles. The van der Waals surface area contributed by atoms with E-state index in [4.69, 9.17) is 11.6 Å². The number of hydrogen-bond acceptors (Lipinski definition) is 6. The van der Waals surface area contributed by atoms with Crippen LogP contribution >= 0.6 is 22.9 Å². The van der Waals surface area contributed by atoms with E-state index in [0.717, 1.165) is 0 Å². The van der Waals surface area contributed by atoms with E-state index in [1.807, 2.05) is 0 Å². The van der Waals surface area contributed by atoms with Crippen molar-refractivity contribution in [1.29, 1.82) is 0 Å². The summed E-state index contributed by atoms with van der Waals surface area (Å²) in [5.41, 5.74) is 0.133. The minimum absolute atomic E-state index is 0.137. The van der Waals surface area contributed by atoms with Crippen molar-refractivity contribution in [3.8, 4) is 10.6 Å². The van der Waals surface area contributed by atoms with Gasteiger partial charge < -0.3 is 5.32 Å². The first-order valence-corrected chi connectivity index (χ1v) is 5.76. The molecule has 1 N–H and O–H groups in total. The molecule has 0 atom stereocenters. The maximum Gasteiger partial charge on any atom is 0.314 e. The van der Waals surface area contributed by atoms with Gasteiger partial charge in [-0.05, 0) is 12.1 Å². The molecule has 88 valence electrons. The first kappa shape index (κ1) is 11.7. The maximum atomic E-state index is 10.9. The minimum Gasteiger partial charge on any atom is -0.357 e. The highest BCUT2D eigenvalue weighted by Gasteiger charge is 2.19. The number of anilines is 1. The fourth-order valence-electron chi connectivity index (χ4n) is 1.25. The largest absolute Gasteiger partial charge is 0.357 e. The highest BCUT2D eigenvalue weighted by atomic mass is 35.5. The normalized spacial score (nSPS) is 10.2. The molecular formula is C9H7ClN4O2S. The molecule has 0 unspecified atom stereocenters. The topological polar surface area (TPSA) is 81.0 Å². The third-order valence-corrected chi connectivity index (χ3v) is 3.23. The molecule has 0 spiro atoms. The Labute approximate surface area is 105 Å². The molecule has 2 aromatic rings. The van der Waals surface area contributed by atoms with Crippen LogP contribution < -0.4 is 5.32 Å². The lowest BCUT2D eigenvalue weighted by atomic mass is 10.3. The van der Waals surface area contributed by atoms with Crippen LogP contribution in [0.3, 0.4) is 0 Å². The van der Waals surface area contributed by atoms with Crippen LogP contribution in [0.25, 0.3) is 10.6 Å². The van der Waals surface area contributed by atoms with E-state index in [-0.39, 0.29) is 11.4 Å². The van der Waals surface area contributed by atoms with Gasteiger partial charge in [-0.3, -0.25) is 10.1 Å². The minimum atomic E-state index is -0.512. The summed E-state index contributed by atoms with van der Waals surface area (Å²) < 4.78 is 0.555. The monoisotopic (exact) mass is 270 g/mol. The van der Waals surface area contributed by atoms with E-state index in [2.05, 4.69) is 15.3 Å². The molecule has 8 heteroatoms. The zero-order valence-electron chi connectivity index (χ0n) is 8.68. The third-order valence-electron chi connectivity index (χ3n) is 2.00. The van der Waals surface area contributed by atoms with E-state index >= 15 is 0 Å². The number of hydrogen-bond donors (Lipinski definition) is 1. The molecule has 0 aliphatic heterocycles. The lowest BCUT2D eigenvalue weighted by molar-refractivity contribution is -0.384. The molecule has 0 bridgehead atoms. The number of nitro groups is 1. The average molecular weight is 271 g/mol. The zero-order chi connectivity index (χ0) is 12.4. The summed E-state index contributed by atoms with van der Waals surface area (Å²) in [5, 5.41) is 13.6. The van der Waals surface area contributed by atoms with Crippen LogP contribution in [-0.4, -0.2) is 21.9 Å². The van der Waals surface area contributed by atoms with Gasteiger partial charge in [0, 0.05) is 7.05 Å². The molecule has 0 saturated heterocycles.